The Hall–Kier alpha value is -3.87. The number of nitrogens with one attached hydrogen (secondary N) is 2. The van der Waals surface area contributed by atoms with Crippen molar-refractivity contribution in [1.82, 2.24) is 25.4 Å². The van der Waals surface area contributed by atoms with Crippen molar-refractivity contribution in [3.8, 4) is 0 Å². The minimum atomic E-state index is -0.00412. The minimum Gasteiger partial charge on any atom is -0.524 e. The molecule has 0 saturated carbocycles. The number of carbonyl (C=O) groups excluding carboxylic acids is 4. The number of benzene rings is 1. The van der Waals surface area contributed by atoms with E-state index in [-0.39, 0.29) is 24.7 Å². The summed E-state index contributed by atoms with van der Waals surface area (Å²) in [5, 5.41) is 8.50. The predicted octanol–water partition coefficient (Wildman–Crippen LogP) is 6.43. The van der Waals surface area contributed by atoms with Crippen LogP contribution in [0.15, 0.2) is 41.9 Å². The van der Waals surface area contributed by atoms with E-state index < -0.39 is 0 Å². The summed E-state index contributed by atoms with van der Waals surface area (Å²) in [5.41, 5.74) is 1.34. The zero-order chi connectivity index (χ0) is 41.0. The van der Waals surface area contributed by atoms with Gasteiger partial charge in [-0.2, -0.15) is 6.41 Å². The summed E-state index contributed by atoms with van der Waals surface area (Å²) in [5.74, 6) is 0.533. The molecule has 0 radical (unpaired) electrons. The van der Waals surface area contributed by atoms with Crippen LogP contribution in [0.5, 0.6) is 0 Å². The molecule has 1 aromatic heterocycles. The number of aldehydes is 3. The fourth-order valence-corrected chi connectivity index (χ4v) is 6.47. The van der Waals surface area contributed by atoms with Gasteiger partial charge in [0.15, 0.2) is 0 Å². The molecule has 2 N–H and O–H groups in total. The second kappa shape index (κ2) is 38.8. The van der Waals surface area contributed by atoms with Crippen molar-refractivity contribution in [3.63, 3.8) is 0 Å². The van der Waals surface area contributed by atoms with Gasteiger partial charge in [0.25, 0.3) is 0 Å². The van der Waals surface area contributed by atoms with Gasteiger partial charge in [0, 0.05) is 56.8 Å². The Morgan fingerprint density at radius 2 is 1.67 bits per heavy atom. The van der Waals surface area contributed by atoms with Gasteiger partial charge in [-0.1, -0.05) is 91.6 Å². The number of aromatic nitrogens is 1. The molecule has 318 valence electrons. The number of likely N-dealkylation sites (N-methyl/N-ethyl adjacent to an activating group) is 3. The Kier molecular flexibility index (Phi) is 40.9. The first kappa shape index (κ1) is 56.9. The summed E-state index contributed by atoms with van der Waals surface area (Å²) in [6.07, 6.45) is 12.0. The van der Waals surface area contributed by atoms with Crippen molar-refractivity contribution in [3.05, 3.63) is 52.5 Å². The number of hydrogen-bond acceptors (Lipinski definition) is 11. The average Bonchev–Trinajstić information content (AvgIpc) is 3.87. The second-order valence-electron chi connectivity index (χ2n) is 12.7. The molecule has 54 heavy (non-hydrogen) atoms. The topological polar surface area (TPSA) is 130 Å². The minimum absolute atomic E-state index is 0. The zero-order valence-corrected chi connectivity index (χ0v) is 38.7. The van der Waals surface area contributed by atoms with Crippen LogP contribution in [-0.2, 0) is 35.1 Å². The first-order chi connectivity index (χ1) is 25.5. The molecule has 1 fully saturated rings. The Bertz CT molecular complexity index is 1090. The largest absolute Gasteiger partial charge is 0.524 e. The molecule has 11 nitrogen and oxygen atoms in total. The molecular formula is C41H74FmN5O6S-. The van der Waals surface area contributed by atoms with Gasteiger partial charge in [-0.05, 0) is 65.5 Å². The summed E-state index contributed by atoms with van der Waals surface area (Å²) < 4.78 is 10.7. The van der Waals surface area contributed by atoms with Crippen LogP contribution >= 0.6 is 11.3 Å². The number of thiazole rings is 1. The van der Waals surface area contributed by atoms with Crippen LogP contribution in [0.25, 0.3) is 0 Å². The average molecular weight is 1020 g/mol. The SMILES string of the molecule is CC.CCC.CCC(C)C(C(CC=O)OC)N(C)C.CNC(Cc1ccccc1)c1nccs1.COC(C(C)C=O)C1CCCN1C.O=[C-]NCC=O.[Fm]. The number of amides is 1. The number of rotatable bonds is 18. The third-order valence-corrected chi connectivity index (χ3v) is 9.32. The quantitative estimate of drug-likeness (QED) is 0.0747. The van der Waals surface area contributed by atoms with Crippen LogP contribution in [0.3, 0.4) is 0 Å². The number of ether oxygens (including phenoxy) is 2. The van der Waals surface area contributed by atoms with E-state index in [9.17, 15) is 14.4 Å². The van der Waals surface area contributed by atoms with Gasteiger partial charge in [-0.25, -0.2) is 4.98 Å². The van der Waals surface area contributed by atoms with E-state index in [4.69, 9.17) is 14.3 Å². The van der Waals surface area contributed by atoms with Crippen molar-refractivity contribution in [1.29, 1.82) is 0 Å². The molecule has 1 amide bonds. The Morgan fingerprint density at radius 1 is 1.06 bits per heavy atom. The fraction of sp³-hybridized carbons (Fsp3) is 0.683. The number of carbonyl (C=O) groups is 3. The van der Waals surface area contributed by atoms with E-state index in [2.05, 4.69) is 79.1 Å². The van der Waals surface area contributed by atoms with E-state index in [0.29, 0.717) is 36.8 Å². The van der Waals surface area contributed by atoms with Crippen LogP contribution in [-0.4, -0.2) is 120 Å². The van der Waals surface area contributed by atoms with Gasteiger partial charge in [0.1, 0.15) is 23.9 Å². The van der Waals surface area contributed by atoms with E-state index >= 15 is 0 Å². The number of methoxy groups -OCH3 is 2. The Morgan fingerprint density at radius 3 is 2.02 bits per heavy atom. The van der Waals surface area contributed by atoms with Crippen molar-refractivity contribution in [2.24, 2.45) is 11.8 Å². The van der Waals surface area contributed by atoms with Crippen molar-refractivity contribution < 1.29 is 28.7 Å². The molecule has 0 spiro atoms. The predicted molar refractivity (Wildman–Crippen MR) is 221 cm³/mol. The first-order valence-corrected chi connectivity index (χ1v) is 19.8. The number of nitrogens with zero attached hydrogens (tertiary/aromatic N) is 3. The van der Waals surface area contributed by atoms with Crippen LogP contribution in [0, 0.1) is 11.8 Å². The summed E-state index contributed by atoms with van der Waals surface area (Å²) in [7, 11) is 11.5. The van der Waals surface area contributed by atoms with E-state index in [1.54, 1.807) is 25.6 Å². The molecule has 1 aliphatic rings. The third-order valence-electron chi connectivity index (χ3n) is 8.43. The van der Waals surface area contributed by atoms with E-state index in [0.717, 1.165) is 43.4 Å². The molecule has 2 heterocycles. The summed E-state index contributed by atoms with van der Waals surface area (Å²) in [6.45, 7) is 15.7. The normalized spacial score (nSPS) is 16.2. The Balaban J connectivity index is -0.000000304. The van der Waals surface area contributed by atoms with Gasteiger partial charge in [0.05, 0.1) is 18.2 Å². The van der Waals surface area contributed by atoms with Crippen molar-refractivity contribution >= 4 is 36.6 Å². The Labute approximate surface area is 327 Å². The zero-order valence-electron chi connectivity index (χ0n) is 35.5. The van der Waals surface area contributed by atoms with Gasteiger partial charge < -0.3 is 49.1 Å². The number of hydrogen-bond donors (Lipinski definition) is 2. The van der Waals surface area contributed by atoms with E-state index in [1.165, 1.54) is 24.8 Å². The van der Waals surface area contributed by atoms with Gasteiger partial charge in [-0.15, -0.1) is 11.3 Å². The molecule has 1 aliphatic heterocycles. The molecule has 0 aliphatic carbocycles. The van der Waals surface area contributed by atoms with Crippen molar-refractivity contribution in [2.45, 2.75) is 117 Å². The molecule has 1 saturated heterocycles. The second-order valence-corrected chi connectivity index (χ2v) is 13.6. The van der Waals surface area contributed by atoms with Crippen LogP contribution in [0.2, 0.25) is 0 Å². The maximum Gasteiger partial charge on any atom is 0.136 e. The molecule has 1 aromatic carbocycles. The molecule has 2 aromatic rings. The molecule has 3 rings (SSSR count). The maximum atomic E-state index is 10.7. The van der Waals surface area contributed by atoms with Gasteiger partial charge in [-0.3, -0.25) is 0 Å². The van der Waals surface area contributed by atoms with Gasteiger partial charge in [0.2, 0.25) is 0 Å². The van der Waals surface area contributed by atoms with Crippen LogP contribution in [0.4, 0.5) is 0 Å². The summed E-state index contributed by atoms with van der Waals surface area (Å²) >= 11 is 1.70. The standard InChI is InChI=1S/C12H14N2S.C11H23NO2.C10H19NO2.C3H4NO2.C3H8.C2H6.Fm/c1-13-11(12-14-7-8-15-12)9-10-5-3-2-4-6-10;1-6-9(2)11(12(3)4)10(14-5)7-8-13;1-8(7-12)10(13-3)9-5-4-6-11(9)2;5-2-1-4-3-6;1-3-2;1-2;/h2-8,11,13H,9H2,1H3;8-11H,6-7H2,1-5H3;7-10H,4-6H2,1-3H3;2H,1H2,(H,4,6);3H2,1-2H3;1-2H3;/q;;;-1;;;. The van der Waals surface area contributed by atoms with Crippen LogP contribution in [0.1, 0.15) is 97.2 Å². The molecule has 13 heteroatoms. The molecule has 7 unspecified atom stereocenters. The maximum absolute atomic E-state index is 10.7. The summed E-state index contributed by atoms with van der Waals surface area (Å²) in [6, 6.07) is 11.6. The molecular weight excluding hydrogens is 948 g/mol. The van der Waals surface area contributed by atoms with Crippen molar-refractivity contribution in [2.75, 3.05) is 55.5 Å². The van der Waals surface area contributed by atoms with Gasteiger partial charge >= 0.3 is 0 Å². The van der Waals surface area contributed by atoms with Crippen LogP contribution < -0.4 is 10.6 Å². The smallest absolute Gasteiger partial charge is 0.136 e. The molecule has 0 bridgehead atoms. The fourth-order valence-electron chi connectivity index (χ4n) is 5.72. The summed E-state index contributed by atoms with van der Waals surface area (Å²) in [4.78, 5) is 48.4. The van der Waals surface area contributed by atoms with E-state index in [1.807, 2.05) is 64.9 Å². The first-order valence-electron chi connectivity index (χ1n) is 19.0. The third kappa shape index (κ3) is 25.2. The molecule has 7 atom stereocenters. The monoisotopic (exact) mass is 1020 g/mol. The number of likely N-dealkylation sites (tertiary alicyclic amines) is 1.